The van der Waals surface area contributed by atoms with Gasteiger partial charge in [0, 0.05) is 49.5 Å². The summed E-state index contributed by atoms with van der Waals surface area (Å²) in [4.78, 5) is 14.9. The highest BCUT2D eigenvalue weighted by Gasteiger charge is 2.18. The molecule has 0 bridgehead atoms. The average molecular weight is 721 g/mol. The Morgan fingerprint density at radius 1 is 0.411 bits per heavy atom. The monoisotopic (exact) mass is 720 g/mol. The van der Waals surface area contributed by atoms with Crippen LogP contribution in [0.1, 0.15) is 5.48 Å². The lowest BCUT2D eigenvalue weighted by molar-refractivity contribution is 0.669. The molecule has 0 saturated carbocycles. The van der Waals surface area contributed by atoms with Crippen LogP contribution in [0, 0.1) is 0 Å². The van der Waals surface area contributed by atoms with E-state index in [-0.39, 0.29) is 24.2 Å². The number of nitrogens with zero attached hydrogens (tertiary/aromatic N) is 4. The Morgan fingerprint density at radius 2 is 1.00 bits per heavy atom. The van der Waals surface area contributed by atoms with Crippen molar-refractivity contribution in [1.29, 1.82) is 0 Å². The van der Waals surface area contributed by atoms with Crippen molar-refractivity contribution in [2.45, 2.75) is 0 Å². The number of hydrogen-bond acceptors (Lipinski definition) is 4. The van der Waals surface area contributed by atoms with Gasteiger partial charge in [-0.15, -0.1) is 0 Å². The predicted molar refractivity (Wildman–Crippen MR) is 229 cm³/mol. The molecule has 0 atom stereocenters. The number of aromatic nitrogens is 4. The molecule has 8 aromatic carbocycles. The van der Waals surface area contributed by atoms with E-state index in [1.165, 1.54) is 0 Å². The van der Waals surface area contributed by atoms with Crippen molar-refractivity contribution in [1.82, 2.24) is 19.5 Å². The molecule has 3 heterocycles. The van der Waals surface area contributed by atoms with Crippen molar-refractivity contribution in [3.63, 3.8) is 0 Å². The van der Waals surface area contributed by atoms with Crippen LogP contribution in [-0.2, 0) is 0 Å². The summed E-state index contributed by atoms with van der Waals surface area (Å²) in [6.07, 6.45) is 0. The van der Waals surface area contributed by atoms with E-state index in [1.807, 2.05) is 138 Å². The van der Waals surface area contributed by atoms with Gasteiger partial charge in [-0.3, -0.25) is 0 Å². The summed E-state index contributed by atoms with van der Waals surface area (Å²) >= 11 is 0. The van der Waals surface area contributed by atoms with E-state index in [4.69, 9.17) is 23.5 Å². The SMILES string of the molecule is [2H]c1c([2H])c([2H])c2c(c1[2H])c1cccc(-c3cccc(-c4ccccc4)c3)c1n2-c1ccc(-c2nc(-c3ccccc3)nc(-c3ccc4c(c3)oc3ccccc34)n2)cc1. The molecule has 262 valence electrons. The van der Waals surface area contributed by atoms with Crippen molar-refractivity contribution < 1.29 is 9.90 Å². The van der Waals surface area contributed by atoms with Crippen molar-refractivity contribution in [3.05, 3.63) is 194 Å². The molecule has 5 nitrogen and oxygen atoms in total. The quantitative estimate of drug-likeness (QED) is 0.172. The molecule has 0 saturated heterocycles. The minimum Gasteiger partial charge on any atom is -0.456 e. The van der Waals surface area contributed by atoms with Crippen LogP contribution in [0.15, 0.2) is 198 Å². The lowest BCUT2D eigenvalue weighted by Gasteiger charge is -2.13. The minimum atomic E-state index is -0.284. The van der Waals surface area contributed by atoms with Gasteiger partial charge in [-0.2, -0.15) is 0 Å². The summed E-state index contributed by atoms with van der Waals surface area (Å²) < 4.78 is 43.8. The first-order valence-corrected chi connectivity index (χ1v) is 18.4. The van der Waals surface area contributed by atoms with Gasteiger partial charge >= 0.3 is 0 Å². The normalized spacial score (nSPS) is 12.6. The maximum absolute atomic E-state index is 9.19. The third-order valence-electron chi connectivity index (χ3n) is 10.4. The molecule has 0 aliphatic rings. The lowest BCUT2D eigenvalue weighted by Crippen LogP contribution is -2.00. The number of rotatable bonds is 6. The van der Waals surface area contributed by atoms with Gasteiger partial charge in [0.15, 0.2) is 17.5 Å². The molecule has 3 aromatic heterocycles. The first-order chi connectivity index (χ1) is 29.4. The van der Waals surface area contributed by atoms with Gasteiger partial charge in [-0.05, 0) is 71.3 Å². The fourth-order valence-corrected chi connectivity index (χ4v) is 7.73. The highest BCUT2D eigenvalue weighted by molar-refractivity contribution is 6.14. The molecule has 0 N–H and O–H groups in total. The number of hydrogen-bond donors (Lipinski definition) is 0. The van der Waals surface area contributed by atoms with Crippen molar-refractivity contribution in [3.8, 4) is 62.1 Å². The molecule has 11 rings (SSSR count). The Bertz CT molecular complexity index is 3470. The summed E-state index contributed by atoms with van der Waals surface area (Å²) in [5, 5.41) is 3.27. The fourth-order valence-electron chi connectivity index (χ4n) is 7.73. The van der Waals surface area contributed by atoms with E-state index in [0.717, 1.165) is 77.5 Å². The van der Waals surface area contributed by atoms with E-state index in [0.29, 0.717) is 28.4 Å². The second kappa shape index (κ2) is 13.0. The zero-order chi connectivity index (χ0) is 40.5. The van der Waals surface area contributed by atoms with E-state index >= 15 is 0 Å². The molecular weight excluding hydrogens is 685 g/mol. The van der Waals surface area contributed by atoms with Crippen LogP contribution in [0.3, 0.4) is 0 Å². The Hall–Kier alpha value is -7.63. The highest BCUT2D eigenvalue weighted by atomic mass is 16.3. The van der Waals surface area contributed by atoms with Gasteiger partial charge in [-0.1, -0.05) is 139 Å². The molecule has 0 fully saturated rings. The van der Waals surface area contributed by atoms with E-state index in [1.54, 1.807) is 0 Å². The van der Waals surface area contributed by atoms with Gasteiger partial charge in [0.05, 0.1) is 16.5 Å². The molecule has 56 heavy (non-hydrogen) atoms. The van der Waals surface area contributed by atoms with Crippen LogP contribution < -0.4 is 0 Å². The van der Waals surface area contributed by atoms with E-state index < -0.39 is 0 Å². The van der Waals surface area contributed by atoms with Crippen LogP contribution in [0.4, 0.5) is 0 Å². The zero-order valence-corrected chi connectivity index (χ0v) is 29.9. The standard InChI is InChI=1S/C51H32N4O/c1-3-13-33(14-4-1)36-17-11-18-37(31-36)40-21-12-22-44-41-19-7-9-23-45(41)55(48(40)44)39-28-25-35(26-29-39)50-52-49(34-15-5-2-6-16-34)53-51(54-50)38-27-30-43-42-20-8-10-24-46(42)56-47(43)32-38/h1-32H/i7D,9D,19D,23D. The number of furan rings is 1. The van der Waals surface area contributed by atoms with Gasteiger partial charge in [0.2, 0.25) is 0 Å². The van der Waals surface area contributed by atoms with Crippen molar-refractivity contribution in [2.75, 3.05) is 0 Å². The fraction of sp³-hybridized carbons (Fsp3) is 0. The second-order valence-electron chi connectivity index (χ2n) is 13.7. The molecule has 0 spiro atoms. The van der Waals surface area contributed by atoms with Crippen LogP contribution in [0.25, 0.3) is 106 Å². The third-order valence-corrected chi connectivity index (χ3v) is 10.4. The van der Waals surface area contributed by atoms with Crippen molar-refractivity contribution >= 4 is 43.7 Å². The number of para-hydroxylation sites is 3. The molecule has 0 unspecified atom stereocenters. The summed E-state index contributed by atoms with van der Waals surface area (Å²) in [5.41, 5.74) is 9.90. The first-order valence-electron chi connectivity index (χ1n) is 20.4. The van der Waals surface area contributed by atoms with Gasteiger partial charge in [0.1, 0.15) is 11.2 Å². The number of benzene rings is 8. The summed E-state index contributed by atoms with van der Waals surface area (Å²) in [5.74, 6) is 1.52. The molecule has 5 heteroatoms. The van der Waals surface area contributed by atoms with Crippen LogP contribution >= 0.6 is 0 Å². The molecule has 0 aliphatic heterocycles. The number of fused-ring (bicyclic) bond motifs is 6. The Labute approximate surface area is 328 Å². The maximum Gasteiger partial charge on any atom is 0.164 e. The lowest BCUT2D eigenvalue weighted by atomic mass is 9.97. The van der Waals surface area contributed by atoms with Crippen molar-refractivity contribution in [2.24, 2.45) is 0 Å². The smallest absolute Gasteiger partial charge is 0.164 e. The summed E-state index contributed by atoms with van der Waals surface area (Å²) in [6.45, 7) is 0. The third kappa shape index (κ3) is 5.37. The van der Waals surface area contributed by atoms with Crippen LogP contribution in [-0.4, -0.2) is 19.5 Å². The molecule has 0 aliphatic carbocycles. The van der Waals surface area contributed by atoms with Crippen LogP contribution in [0.2, 0.25) is 0 Å². The Balaban J connectivity index is 1.09. The molecular formula is C51H32N4O. The predicted octanol–water partition coefficient (Wildman–Crippen LogP) is 13.2. The second-order valence-corrected chi connectivity index (χ2v) is 13.7. The Kier molecular flexibility index (Phi) is 6.50. The van der Waals surface area contributed by atoms with E-state index in [9.17, 15) is 1.37 Å². The van der Waals surface area contributed by atoms with Crippen LogP contribution in [0.5, 0.6) is 0 Å². The van der Waals surface area contributed by atoms with Gasteiger partial charge in [0.25, 0.3) is 0 Å². The Morgan fingerprint density at radius 3 is 1.80 bits per heavy atom. The van der Waals surface area contributed by atoms with Gasteiger partial charge < -0.3 is 8.98 Å². The molecule has 11 aromatic rings. The molecule has 0 amide bonds. The first kappa shape index (κ1) is 27.9. The summed E-state index contributed by atoms with van der Waals surface area (Å²) in [7, 11) is 0. The maximum atomic E-state index is 9.19. The highest BCUT2D eigenvalue weighted by Crippen LogP contribution is 2.39. The van der Waals surface area contributed by atoms with Gasteiger partial charge in [-0.25, -0.2) is 15.0 Å². The summed E-state index contributed by atoms with van der Waals surface area (Å²) in [6, 6.07) is 55.4. The zero-order valence-electron chi connectivity index (χ0n) is 33.9. The topological polar surface area (TPSA) is 56.7 Å². The van der Waals surface area contributed by atoms with E-state index in [2.05, 4.69) is 36.4 Å². The largest absolute Gasteiger partial charge is 0.456 e. The molecule has 0 radical (unpaired) electrons. The minimum absolute atomic E-state index is 0.0754. The average Bonchev–Trinajstić information content (AvgIpc) is 3.87.